The predicted octanol–water partition coefficient (Wildman–Crippen LogP) is 2.12. The number of nitrogens with zero attached hydrogens (tertiary/aromatic N) is 3. The average molecular weight is 519 g/mol. The van der Waals surface area contributed by atoms with Gasteiger partial charge in [0.15, 0.2) is 11.5 Å². The van der Waals surface area contributed by atoms with Gasteiger partial charge in [-0.25, -0.2) is 0 Å². The zero-order valence-corrected chi connectivity index (χ0v) is 22.4. The zero-order valence-electron chi connectivity index (χ0n) is 22.4. The molecule has 0 spiro atoms. The summed E-state index contributed by atoms with van der Waals surface area (Å²) in [6.45, 7) is 6.64. The first-order chi connectivity index (χ1) is 17.8. The van der Waals surface area contributed by atoms with E-state index in [1.807, 2.05) is 28.0 Å². The monoisotopic (exact) mass is 518 g/mol. The zero-order chi connectivity index (χ0) is 26.9. The quantitative estimate of drug-likeness (QED) is 0.359. The minimum Gasteiger partial charge on any atom is -0.481 e. The van der Waals surface area contributed by atoms with Crippen LogP contribution in [0.2, 0.25) is 0 Å². The van der Waals surface area contributed by atoms with Crippen molar-refractivity contribution in [2.24, 2.45) is 11.7 Å². The van der Waals surface area contributed by atoms with Crippen molar-refractivity contribution in [3.8, 4) is 11.5 Å². The van der Waals surface area contributed by atoms with E-state index in [9.17, 15) is 19.5 Å². The van der Waals surface area contributed by atoms with E-state index in [0.717, 1.165) is 31.2 Å². The lowest BCUT2D eigenvalue weighted by Crippen LogP contribution is -2.45. The van der Waals surface area contributed by atoms with Crippen LogP contribution in [-0.4, -0.2) is 96.7 Å². The number of hydrogen-bond acceptors (Lipinski definition) is 7. The Hall–Kier alpha value is -2.85. The van der Waals surface area contributed by atoms with Gasteiger partial charge in [-0.2, -0.15) is 0 Å². The van der Waals surface area contributed by atoms with E-state index in [2.05, 4.69) is 6.92 Å². The number of amides is 2. The molecule has 3 rings (SSSR count). The van der Waals surface area contributed by atoms with Crippen molar-refractivity contribution >= 4 is 17.8 Å². The Morgan fingerprint density at radius 1 is 1.11 bits per heavy atom. The summed E-state index contributed by atoms with van der Waals surface area (Å²) in [6.07, 6.45) is 4.06. The van der Waals surface area contributed by atoms with Crippen molar-refractivity contribution in [2.45, 2.75) is 57.9 Å². The summed E-state index contributed by atoms with van der Waals surface area (Å²) in [7, 11) is 1.71. The summed E-state index contributed by atoms with van der Waals surface area (Å²) in [5.41, 5.74) is 6.51. The highest BCUT2D eigenvalue weighted by molar-refractivity contribution is 5.79. The molecule has 1 aromatic carbocycles. The lowest BCUT2D eigenvalue weighted by atomic mass is 9.84. The highest BCUT2D eigenvalue weighted by Crippen LogP contribution is 2.42. The number of carbonyl (C=O) groups is 3. The molecule has 0 aromatic heterocycles. The molecule has 0 saturated carbocycles. The summed E-state index contributed by atoms with van der Waals surface area (Å²) < 4.78 is 11.0. The maximum absolute atomic E-state index is 13.5. The second-order valence-electron chi connectivity index (χ2n) is 10.0. The number of hydrogen-bond donors (Lipinski definition) is 2. The highest BCUT2D eigenvalue weighted by Gasteiger charge is 2.47. The minimum atomic E-state index is -0.904. The fraction of sp³-hybridized carbons (Fsp3) is 0.667. The molecule has 2 aliphatic rings. The Labute approximate surface area is 219 Å². The Kier molecular flexibility index (Phi) is 10.6. The highest BCUT2D eigenvalue weighted by atomic mass is 16.7. The van der Waals surface area contributed by atoms with E-state index in [-0.39, 0.29) is 31.1 Å². The van der Waals surface area contributed by atoms with Crippen LogP contribution in [0.1, 0.15) is 57.4 Å². The summed E-state index contributed by atoms with van der Waals surface area (Å²) in [5, 5.41) is 10.3. The number of ether oxygens (including phenoxy) is 2. The van der Waals surface area contributed by atoms with Gasteiger partial charge in [0.25, 0.3) is 0 Å². The molecule has 2 heterocycles. The fourth-order valence-electron chi connectivity index (χ4n) is 5.25. The molecule has 0 unspecified atom stereocenters. The topological polar surface area (TPSA) is 126 Å². The van der Waals surface area contributed by atoms with Gasteiger partial charge in [-0.3, -0.25) is 19.3 Å². The van der Waals surface area contributed by atoms with Crippen LogP contribution in [0.4, 0.5) is 0 Å². The number of fused-ring (bicyclic) bond motifs is 1. The maximum Gasteiger partial charge on any atom is 0.308 e. The molecule has 10 heteroatoms. The van der Waals surface area contributed by atoms with Crippen molar-refractivity contribution in [2.75, 3.05) is 53.1 Å². The number of nitrogens with two attached hydrogens (primary N) is 1. The fourth-order valence-corrected chi connectivity index (χ4v) is 5.25. The Morgan fingerprint density at radius 2 is 1.84 bits per heavy atom. The lowest BCUT2D eigenvalue weighted by molar-refractivity contribution is -0.144. The van der Waals surface area contributed by atoms with E-state index >= 15 is 0 Å². The molecular formula is C27H42N4O6. The van der Waals surface area contributed by atoms with Gasteiger partial charge >= 0.3 is 5.97 Å². The van der Waals surface area contributed by atoms with E-state index in [1.165, 1.54) is 6.92 Å². The molecule has 37 heavy (non-hydrogen) atoms. The number of benzene rings is 1. The molecule has 3 atom stereocenters. The van der Waals surface area contributed by atoms with E-state index in [1.54, 1.807) is 11.9 Å². The van der Waals surface area contributed by atoms with E-state index in [0.29, 0.717) is 50.6 Å². The number of likely N-dealkylation sites (tertiary alicyclic amines) is 1. The molecule has 1 aromatic rings. The first-order valence-corrected chi connectivity index (χ1v) is 13.3. The van der Waals surface area contributed by atoms with Crippen molar-refractivity contribution in [1.29, 1.82) is 0 Å². The molecule has 0 aliphatic carbocycles. The van der Waals surface area contributed by atoms with Gasteiger partial charge < -0.3 is 30.1 Å². The summed E-state index contributed by atoms with van der Waals surface area (Å²) in [5.74, 6) is -0.780. The number of unbranched alkanes of at least 4 members (excludes halogenated alkanes) is 2. The molecule has 206 valence electrons. The molecule has 2 amide bonds. The second kappa shape index (κ2) is 13.6. The van der Waals surface area contributed by atoms with Crippen molar-refractivity contribution in [3.05, 3.63) is 23.8 Å². The summed E-state index contributed by atoms with van der Waals surface area (Å²) in [4.78, 5) is 43.4. The number of carbonyl (C=O) groups excluding carboxylic acids is 2. The maximum atomic E-state index is 13.5. The van der Waals surface area contributed by atoms with Crippen LogP contribution in [0, 0.1) is 5.92 Å². The summed E-state index contributed by atoms with van der Waals surface area (Å²) >= 11 is 0. The van der Waals surface area contributed by atoms with Crippen molar-refractivity contribution in [1.82, 2.24) is 14.7 Å². The number of carboxylic acid groups (broad SMARTS) is 1. The lowest BCUT2D eigenvalue weighted by Gasteiger charge is -2.30. The minimum absolute atomic E-state index is 0.00543. The first-order valence-electron chi connectivity index (χ1n) is 13.3. The largest absolute Gasteiger partial charge is 0.481 e. The molecule has 10 nitrogen and oxygen atoms in total. The van der Waals surface area contributed by atoms with Crippen LogP contribution in [-0.2, 0) is 14.4 Å². The number of carboxylic acids is 1. The third-order valence-electron chi connectivity index (χ3n) is 7.51. The third-order valence-corrected chi connectivity index (χ3v) is 7.51. The average Bonchev–Trinajstić information content (AvgIpc) is 3.48. The van der Waals surface area contributed by atoms with Crippen LogP contribution in [0.5, 0.6) is 11.5 Å². The number of aliphatic carboxylic acids is 1. The van der Waals surface area contributed by atoms with Gasteiger partial charge in [0.2, 0.25) is 18.6 Å². The van der Waals surface area contributed by atoms with E-state index in [4.69, 9.17) is 15.2 Å². The molecule has 1 saturated heterocycles. The summed E-state index contributed by atoms with van der Waals surface area (Å²) in [6, 6.07) is 5.16. The second-order valence-corrected chi connectivity index (χ2v) is 10.0. The Bertz CT molecular complexity index is 941. The van der Waals surface area contributed by atoms with Gasteiger partial charge in [0, 0.05) is 52.1 Å². The molecule has 1 fully saturated rings. The molecule has 3 N–H and O–H groups in total. The van der Waals surface area contributed by atoms with Gasteiger partial charge in [-0.15, -0.1) is 0 Å². The predicted molar refractivity (Wildman–Crippen MR) is 139 cm³/mol. The molecule has 2 aliphatic heterocycles. The van der Waals surface area contributed by atoms with Crippen molar-refractivity contribution < 1.29 is 29.0 Å². The Morgan fingerprint density at radius 3 is 2.51 bits per heavy atom. The van der Waals surface area contributed by atoms with Gasteiger partial charge in [0.05, 0.1) is 12.5 Å². The first kappa shape index (κ1) is 28.7. The van der Waals surface area contributed by atoms with Gasteiger partial charge in [-0.05, 0) is 49.9 Å². The van der Waals surface area contributed by atoms with Crippen LogP contribution in [0.25, 0.3) is 0 Å². The van der Waals surface area contributed by atoms with Gasteiger partial charge in [0.1, 0.15) is 0 Å². The molecule has 0 radical (unpaired) electrons. The van der Waals surface area contributed by atoms with Crippen LogP contribution in [0.3, 0.4) is 0 Å². The van der Waals surface area contributed by atoms with Crippen molar-refractivity contribution in [3.63, 3.8) is 0 Å². The normalized spacial score (nSPS) is 20.7. The third kappa shape index (κ3) is 7.35. The van der Waals surface area contributed by atoms with Crippen LogP contribution in [0.15, 0.2) is 18.2 Å². The van der Waals surface area contributed by atoms with E-state index < -0.39 is 17.9 Å². The van der Waals surface area contributed by atoms with Crippen LogP contribution >= 0.6 is 0 Å². The van der Waals surface area contributed by atoms with Crippen LogP contribution < -0.4 is 15.2 Å². The standard InChI is InChI=1S/C27H42N4O6/c1-4-5-12-30(13-7-6-11-28)25(33)17-31-16-21(20-8-9-23-24(15-20)37-18-36-23)26(27(34)35)22(31)10-14-29(3)19(2)32/h8-9,15,21-22,26H,4-7,10-14,16-18,28H2,1-3H3,(H,34,35)/t21-,22+,26-/m1/s1. The molecular weight excluding hydrogens is 476 g/mol. The van der Waals surface area contributed by atoms with Gasteiger partial charge in [-0.1, -0.05) is 19.4 Å². The molecule has 0 bridgehead atoms. The number of rotatable bonds is 14. The Balaban J connectivity index is 1.85. The SMILES string of the molecule is CCCCN(CCCCN)C(=O)CN1C[C@H](c2ccc3c(c2)OCO3)[C@@H](C(=O)O)[C@@H]1CCN(C)C(C)=O. The smallest absolute Gasteiger partial charge is 0.308 e.